The van der Waals surface area contributed by atoms with Gasteiger partial charge in [-0.2, -0.15) is 0 Å². The van der Waals surface area contributed by atoms with Crippen molar-refractivity contribution in [1.82, 2.24) is 14.9 Å². The van der Waals surface area contributed by atoms with E-state index in [4.69, 9.17) is 4.74 Å². The Labute approximate surface area is 178 Å². The Bertz CT molecular complexity index is 1290. The van der Waals surface area contributed by atoms with Crippen LogP contribution in [0.2, 0.25) is 0 Å². The zero-order chi connectivity index (χ0) is 21.4. The lowest BCUT2D eigenvalue weighted by Gasteiger charge is -2.29. The van der Waals surface area contributed by atoms with Crippen LogP contribution < -0.4 is 20.5 Å². The number of hydrogen-bond donors (Lipinski definition) is 2. The second kappa shape index (κ2) is 7.92. The monoisotopic (exact) mass is 418 g/mol. The molecule has 2 aromatic carbocycles. The van der Waals surface area contributed by atoms with Crippen LogP contribution in [0.25, 0.3) is 16.7 Å². The normalized spacial score (nSPS) is 14.2. The maximum Gasteiger partial charge on any atom is 0.248 e. The van der Waals surface area contributed by atoms with Crippen molar-refractivity contribution in [1.29, 1.82) is 0 Å². The van der Waals surface area contributed by atoms with Crippen molar-refractivity contribution in [2.75, 3.05) is 31.1 Å². The summed E-state index contributed by atoms with van der Waals surface area (Å²) in [4.78, 5) is 17.5. The molecule has 31 heavy (non-hydrogen) atoms. The lowest BCUT2D eigenvalue weighted by Crippen LogP contribution is -2.43. The third kappa shape index (κ3) is 3.57. The second-order valence-electron chi connectivity index (χ2n) is 7.66. The first-order valence-corrected chi connectivity index (χ1v) is 10.3. The quantitative estimate of drug-likeness (QED) is 0.527. The van der Waals surface area contributed by atoms with Crippen molar-refractivity contribution in [3.8, 4) is 17.3 Å². The van der Waals surface area contributed by atoms with Gasteiger partial charge in [-0.15, -0.1) is 0 Å². The van der Waals surface area contributed by atoms with E-state index in [1.54, 1.807) is 12.1 Å². The number of aromatic nitrogens is 2. The summed E-state index contributed by atoms with van der Waals surface area (Å²) in [6.07, 6.45) is 0. The summed E-state index contributed by atoms with van der Waals surface area (Å²) in [6.45, 7) is 5.07. The van der Waals surface area contributed by atoms with Gasteiger partial charge in [-0.05, 0) is 36.8 Å². The molecule has 1 aliphatic heterocycles. The van der Waals surface area contributed by atoms with Gasteiger partial charge in [0.15, 0.2) is 0 Å². The number of rotatable bonds is 4. The number of halogens is 1. The Balaban J connectivity index is 1.81. The molecule has 1 fully saturated rings. The SMILES string of the molecule is Cc1ccc(F)cc1Oc1c(N2CCNCC2)c2[nH]c(=O)ccc2n1-c1ccccc1. The highest BCUT2D eigenvalue weighted by molar-refractivity contribution is 5.96. The van der Waals surface area contributed by atoms with Crippen LogP contribution in [0.5, 0.6) is 11.6 Å². The highest BCUT2D eigenvalue weighted by Crippen LogP contribution is 2.43. The van der Waals surface area contributed by atoms with Crippen molar-refractivity contribution in [3.63, 3.8) is 0 Å². The second-order valence-corrected chi connectivity index (χ2v) is 7.66. The third-order valence-electron chi connectivity index (χ3n) is 5.58. The molecule has 0 spiro atoms. The molecule has 3 heterocycles. The maximum absolute atomic E-state index is 14.0. The Kier molecular flexibility index (Phi) is 4.95. The van der Waals surface area contributed by atoms with Crippen LogP contribution in [-0.2, 0) is 0 Å². The number of aryl methyl sites for hydroxylation is 1. The number of pyridine rings is 1. The first-order chi connectivity index (χ1) is 15.1. The number of H-pyrrole nitrogens is 1. The van der Waals surface area contributed by atoms with E-state index in [1.165, 1.54) is 18.2 Å². The van der Waals surface area contributed by atoms with Crippen molar-refractivity contribution >= 4 is 16.7 Å². The molecule has 0 radical (unpaired) electrons. The number of anilines is 1. The fraction of sp³-hybridized carbons (Fsp3) is 0.208. The molecule has 0 amide bonds. The van der Waals surface area contributed by atoms with E-state index in [2.05, 4.69) is 15.2 Å². The summed E-state index contributed by atoms with van der Waals surface area (Å²) < 4.78 is 22.4. The minimum Gasteiger partial charge on any atom is -0.438 e. The number of piperazine rings is 1. The van der Waals surface area contributed by atoms with E-state index in [1.807, 2.05) is 41.8 Å². The van der Waals surface area contributed by atoms with Gasteiger partial charge in [0.25, 0.3) is 0 Å². The van der Waals surface area contributed by atoms with Crippen LogP contribution in [0.1, 0.15) is 5.56 Å². The van der Waals surface area contributed by atoms with Gasteiger partial charge in [0, 0.05) is 44.0 Å². The standard InChI is InChI=1S/C24H23FN4O2/c1-16-7-8-17(25)15-20(16)31-24-23(28-13-11-26-12-14-28)22-19(9-10-21(30)27-22)29(24)18-5-3-2-4-6-18/h2-10,15,26H,11-14H2,1H3,(H,27,30). The van der Waals surface area contributed by atoms with E-state index < -0.39 is 0 Å². The molecule has 7 heteroatoms. The van der Waals surface area contributed by atoms with E-state index >= 15 is 0 Å². The summed E-state index contributed by atoms with van der Waals surface area (Å²) in [6, 6.07) is 17.7. The molecule has 0 unspecified atom stereocenters. The zero-order valence-corrected chi connectivity index (χ0v) is 17.2. The van der Waals surface area contributed by atoms with Crippen LogP contribution in [0.15, 0.2) is 65.5 Å². The van der Waals surface area contributed by atoms with E-state index in [0.29, 0.717) is 17.1 Å². The number of nitrogens with zero attached hydrogens (tertiary/aromatic N) is 2. The van der Waals surface area contributed by atoms with Crippen LogP contribution >= 0.6 is 0 Å². The number of aromatic amines is 1. The number of nitrogens with one attached hydrogen (secondary N) is 2. The lowest BCUT2D eigenvalue weighted by atomic mass is 10.2. The van der Waals surface area contributed by atoms with Crippen molar-refractivity contribution in [2.45, 2.75) is 6.92 Å². The predicted molar refractivity (Wildman–Crippen MR) is 120 cm³/mol. The predicted octanol–water partition coefficient (Wildman–Crippen LogP) is 3.97. The third-order valence-corrected chi connectivity index (χ3v) is 5.58. The number of fused-ring (bicyclic) bond motifs is 1. The molecule has 158 valence electrons. The van der Waals surface area contributed by atoms with Crippen LogP contribution in [0.4, 0.5) is 10.1 Å². The van der Waals surface area contributed by atoms with E-state index in [-0.39, 0.29) is 11.4 Å². The number of hydrogen-bond acceptors (Lipinski definition) is 4. The molecule has 4 aromatic rings. The van der Waals surface area contributed by atoms with Crippen LogP contribution in [-0.4, -0.2) is 35.7 Å². The van der Waals surface area contributed by atoms with Crippen LogP contribution in [0, 0.1) is 12.7 Å². The number of benzene rings is 2. The zero-order valence-electron chi connectivity index (χ0n) is 17.2. The van der Waals surface area contributed by atoms with Crippen molar-refractivity contribution in [3.05, 3.63) is 82.4 Å². The fourth-order valence-corrected chi connectivity index (χ4v) is 4.05. The summed E-state index contributed by atoms with van der Waals surface area (Å²) in [5.41, 5.74) is 3.88. The number of ether oxygens (including phenoxy) is 1. The smallest absolute Gasteiger partial charge is 0.248 e. The molecule has 1 saturated heterocycles. The summed E-state index contributed by atoms with van der Waals surface area (Å²) in [7, 11) is 0. The summed E-state index contributed by atoms with van der Waals surface area (Å²) in [5.74, 6) is 0.637. The molecule has 1 aliphatic rings. The highest BCUT2D eigenvalue weighted by atomic mass is 19.1. The van der Waals surface area contributed by atoms with Gasteiger partial charge in [0.1, 0.15) is 17.3 Å². The molecule has 0 saturated carbocycles. The molecule has 2 N–H and O–H groups in total. The van der Waals surface area contributed by atoms with E-state index in [0.717, 1.165) is 48.6 Å². The Morgan fingerprint density at radius 1 is 1.00 bits per heavy atom. The van der Waals surface area contributed by atoms with Crippen molar-refractivity contribution < 1.29 is 9.13 Å². The highest BCUT2D eigenvalue weighted by Gasteiger charge is 2.27. The van der Waals surface area contributed by atoms with Gasteiger partial charge in [0.2, 0.25) is 11.4 Å². The lowest BCUT2D eigenvalue weighted by molar-refractivity contribution is 0.444. The fourth-order valence-electron chi connectivity index (χ4n) is 4.05. The van der Waals surface area contributed by atoms with Gasteiger partial charge < -0.3 is 19.9 Å². The van der Waals surface area contributed by atoms with Gasteiger partial charge in [-0.1, -0.05) is 24.3 Å². The Morgan fingerprint density at radius 3 is 2.55 bits per heavy atom. The molecular formula is C24H23FN4O2. The molecule has 5 rings (SSSR count). The number of para-hydroxylation sites is 1. The van der Waals surface area contributed by atoms with Gasteiger partial charge >= 0.3 is 0 Å². The minimum atomic E-state index is -0.361. The average molecular weight is 418 g/mol. The van der Waals surface area contributed by atoms with Gasteiger partial charge in [0.05, 0.1) is 11.0 Å². The maximum atomic E-state index is 14.0. The van der Waals surface area contributed by atoms with Gasteiger partial charge in [-0.3, -0.25) is 9.36 Å². The minimum absolute atomic E-state index is 0.178. The van der Waals surface area contributed by atoms with Gasteiger partial charge in [-0.25, -0.2) is 4.39 Å². The van der Waals surface area contributed by atoms with Crippen LogP contribution in [0.3, 0.4) is 0 Å². The molecule has 6 nitrogen and oxygen atoms in total. The summed E-state index contributed by atoms with van der Waals surface area (Å²) in [5, 5.41) is 3.36. The average Bonchev–Trinajstić information content (AvgIpc) is 3.10. The molecule has 0 atom stereocenters. The molecule has 2 aromatic heterocycles. The molecule has 0 bridgehead atoms. The Morgan fingerprint density at radius 2 is 1.77 bits per heavy atom. The van der Waals surface area contributed by atoms with E-state index in [9.17, 15) is 9.18 Å². The first kappa shape index (κ1) is 19.4. The first-order valence-electron chi connectivity index (χ1n) is 10.3. The largest absolute Gasteiger partial charge is 0.438 e. The Hall–Kier alpha value is -3.58. The van der Waals surface area contributed by atoms with Crippen molar-refractivity contribution in [2.24, 2.45) is 0 Å². The molecule has 0 aliphatic carbocycles. The molecular weight excluding hydrogens is 395 g/mol. The summed E-state index contributed by atoms with van der Waals surface area (Å²) >= 11 is 0. The topological polar surface area (TPSA) is 62.3 Å².